The van der Waals surface area contributed by atoms with E-state index in [1.165, 1.54) is 18.2 Å². The van der Waals surface area contributed by atoms with E-state index in [0.717, 1.165) is 12.8 Å². The van der Waals surface area contributed by atoms with Crippen molar-refractivity contribution in [1.82, 2.24) is 10.2 Å². The van der Waals surface area contributed by atoms with Crippen molar-refractivity contribution < 1.29 is 23.5 Å². The largest absolute Gasteiger partial charge is 0.486 e. The molecule has 0 aromatic heterocycles. The van der Waals surface area contributed by atoms with E-state index in [-0.39, 0.29) is 11.8 Å². The summed E-state index contributed by atoms with van der Waals surface area (Å²) in [7, 11) is 0. The quantitative estimate of drug-likeness (QED) is 0.806. The van der Waals surface area contributed by atoms with Crippen LogP contribution in [-0.2, 0) is 0 Å². The van der Waals surface area contributed by atoms with Gasteiger partial charge in [-0.15, -0.1) is 0 Å². The number of fused-ring (bicyclic) bond motifs is 1. The van der Waals surface area contributed by atoms with Crippen LogP contribution in [0.5, 0.6) is 11.5 Å². The highest BCUT2D eigenvalue weighted by Gasteiger charge is 2.28. The summed E-state index contributed by atoms with van der Waals surface area (Å²) in [6, 6.07) is 10.7. The Labute approximate surface area is 174 Å². The number of anilines is 1. The molecule has 2 aromatic rings. The smallest absolute Gasteiger partial charge is 0.319 e. The molecule has 1 saturated heterocycles. The van der Waals surface area contributed by atoms with Crippen LogP contribution < -0.4 is 20.1 Å². The van der Waals surface area contributed by atoms with Crippen LogP contribution in [0.15, 0.2) is 42.5 Å². The molecule has 0 radical (unpaired) electrons. The van der Waals surface area contributed by atoms with Gasteiger partial charge in [-0.3, -0.25) is 4.79 Å². The van der Waals surface area contributed by atoms with E-state index >= 15 is 0 Å². The number of halogens is 1. The van der Waals surface area contributed by atoms with Gasteiger partial charge in [0.1, 0.15) is 19.0 Å². The molecule has 2 aliphatic rings. The maximum atomic E-state index is 13.2. The van der Waals surface area contributed by atoms with Gasteiger partial charge in [0.25, 0.3) is 5.91 Å². The molecule has 0 spiro atoms. The molecular formula is C22H24FN3O4. The summed E-state index contributed by atoms with van der Waals surface area (Å²) in [4.78, 5) is 27.0. The van der Waals surface area contributed by atoms with Gasteiger partial charge >= 0.3 is 6.03 Å². The SMILES string of the molecule is O=C(NCC1CCCN(C(=O)c2cccc3c2OCCO3)C1)Nc1cccc(F)c1. The number of hydrogen-bond donors (Lipinski definition) is 2. The van der Waals surface area contributed by atoms with Crippen LogP contribution >= 0.6 is 0 Å². The second-order valence-electron chi connectivity index (χ2n) is 7.43. The van der Waals surface area contributed by atoms with Gasteiger partial charge in [-0.1, -0.05) is 12.1 Å². The topological polar surface area (TPSA) is 79.9 Å². The molecule has 3 amide bonds. The van der Waals surface area contributed by atoms with E-state index in [2.05, 4.69) is 10.6 Å². The minimum Gasteiger partial charge on any atom is -0.486 e. The van der Waals surface area contributed by atoms with Crippen LogP contribution in [0.4, 0.5) is 14.9 Å². The molecular weight excluding hydrogens is 389 g/mol. The molecule has 1 fully saturated rings. The zero-order valence-corrected chi connectivity index (χ0v) is 16.5. The molecule has 2 N–H and O–H groups in total. The van der Waals surface area contributed by atoms with Crippen LogP contribution in [0.1, 0.15) is 23.2 Å². The van der Waals surface area contributed by atoms with E-state index in [1.807, 2.05) is 0 Å². The van der Waals surface area contributed by atoms with Crippen molar-refractivity contribution in [2.75, 3.05) is 38.2 Å². The van der Waals surface area contributed by atoms with Gasteiger partial charge < -0.3 is 25.0 Å². The number of amides is 3. The standard InChI is InChI=1S/C22H24FN3O4/c23-16-5-1-6-17(12-16)25-22(28)24-13-15-4-3-9-26(14-15)21(27)18-7-2-8-19-20(18)30-11-10-29-19/h1-2,5-8,12,15H,3-4,9-11,13-14H2,(H2,24,25,28). The molecule has 2 aliphatic heterocycles. The predicted molar refractivity (Wildman–Crippen MR) is 109 cm³/mol. The lowest BCUT2D eigenvalue weighted by atomic mass is 9.97. The number of piperidine rings is 1. The number of hydrogen-bond acceptors (Lipinski definition) is 4. The highest BCUT2D eigenvalue weighted by atomic mass is 19.1. The van der Waals surface area contributed by atoms with Gasteiger partial charge in [-0.25, -0.2) is 9.18 Å². The molecule has 0 bridgehead atoms. The first-order valence-corrected chi connectivity index (χ1v) is 10.1. The number of urea groups is 1. The summed E-state index contributed by atoms with van der Waals surface area (Å²) in [6.07, 6.45) is 1.77. The third-order valence-corrected chi connectivity index (χ3v) is 5.24. The van der Waals surface area contributed by atoms with E-state index < -0.39 is 11.8 Å². The van der Waals surface area contributed by atoms with Crippen molar-refractivity contribution in [1.29, 1.82) is 0 Å². The lowest BCUT2D eigenvalue weighted by Gasteiger charge is -2.33. The molecule has 1 atom stereocenters. The first-order valence-electron chi connectivity index (χ1n) is 10.1. The Kier molecular flexibility index (Phi) is 6.02. The van der Waals surface area contributed by atoms with Gasteiger partial charge in [0, 0.05) is 25.3 Å². The monoisotopic (exact) mass is 413 g/mol. The summed E-state index contributed by atoms with van der Waals surface area (Å²) >= 11 is 0. The Hall–Kier alpha value is -3.29. The highest BCUT2D eigenvalue weighted by Crippen LogP contribution is 2.34. The van der Waals surface area contributed by atoms with Gasteiger partial charge in [0.2, 0.25) is 0 Å². The molecule has 8 heteroatoms. The van der Waals surface area contributed by atoms with Gasteiger partial charge in [-0.05, 0) is 49.1 Å². The van der Waals surface area contributed by atoms with E-state index in [1.54, 1.807) is 29.2 Å². The summed E-state index contributed by atoms with van der Waals surface area (Å²) in [5.74, 6) is 0.732. The second-order valence-corrected chi connectivity index (χ2v) is 7.43. The number of nitrogens with zero attached hydrogens (tertiary/aromatic N) is 1. The van der Waals surface area contributed by atoms with E-state index in [0.29, 0.717) is 55.6 Å². The zero-order chi connectivity index (χ0) is 20.9. The van der Waals surface area contributed by atoms with Crippen LogP contribution in [-0.4, -0.2) is 49.7 Å². The van der Waals surface area contributed by atoms with Crippen molar-refractivity contribution in [2.45, 2.75) is 12.8 Å². The lowest BCUT2D eigenvalue weighted by Crippen LogP contribution is -2.44. The average molecular weight is 413 g/mol. The van der Waals surface area contributed by atoms with Gasteiger partial charge in [-0.2, -0.15) is 0 Å². The fraction of sp³-hybridized carbons (Fsp3) is 0.364. The Morgan fingerprint density at radius 3 is 2.83 bits per heavy atom. The normalized spacial score (nSPS) is 17.9. The number of ether oxygens (including phenoxy) is 2. The Balaban J connectivity index is 1.33. The minimum absolute atomic E-state index is 0.0914. The molecule has 30 heavy (non-hydrogen) atoms. The molecule has 1 unspecified atom stereocenters. The zero-order valence-electron chi connectivity index (χ0n) is 16.5. The number of benzene rings is 2. The second kappa shape index (κ2) is 9.02. The average Bonchev–Trinajstić information content (AvgIpc) is 2.77. The van der Waals surface area contributed by atoms with Crippen LogP contribution in [0.25, 0.3) is 0 Å². The number of para-hydroxylation sites is 1. The fourth-order valence-corrected chi connectivity index (χ4v) is 3.81. The maximum absolute atomic E-state index is 13.2. The third-order valence-electron chi connectivity index (χ3n) is 5.24. The Morgan fingerprint density at radius 2 is 1.97 bits per heavy atom. The number of likely N-dealkylation sites (tertiary alicyclic amines) is 1. The van der Waals surface area contributed by atoms with Crippen molar-refractivity contribution in [3.63, 3.8) is 0 Å². The molecule has 7 nitrogen and oxygen atoms in total. The fourth-order valence-electron chi connectivity index (χ4n) is 3.81. The summed E-state index contributed by atoms with van der Waals surface area (Å²) in [5.41, 5.74) is 0.897. The molecule has 2 aromatic carbocycles. The summed E-state index contributed by atoms with van der Waals surface area (Å²) in [5, 5.41) is 5.43. The van der Waals surface area contributed by atoms with E-state index in [4.69, 9.17) is 9.47 Å². The van der Waals surface area contributed by atoms with Crippen molar-refractivity contribution >= 4 is 17.6 Å². The Morgan fingerprint density at radius 1 is 1.13 bits per heavy atom. The molecule has 2 heterocycles. The Bertz CT molecular complexity index is 936. The van der Waals surface area contributed by atoms with Gasteiger partial charge in [0.05, 0.1) is 5.56 Å². The van der Waals surface area contributed by atoms with E-state index in [9.17, 15) is 14.0 Å². The first-order chi connectivity index (χ1) is 14.6. The molecule has 4 rings (SSSR count). The van der Waals surface area contributed by atoms with Crippen molar-refractivity contribution in [3.05, 3.63) is 53.8 Å². The van der Waals surface area contributed by atoms with Crippen molar-refractivity contribution in [3.8, 4) is 11.5 Å². The lowest BCUT2D eigenvalue weighted by molar-refractivity contribution is 0.0665. The number of nitrogens with one attached hydrogen (secondary N) is 2. The van der Waals surface area contributed by atoms with Crippen molar-refractivity contribution in [2.24, 2.45) is 5.92 Å². The van der Waals surface area contributed by atoms with Crippen LogP contribution in [0, 0.1) is 11.7 Å². The molecule has 0 aliphatic carbocycles. The highest BCUT2D eigenvalue weighted by molar-refractivity contribution is 5.98. The van der Waals surface area contributed by atoms with Crippen LogP contribution in [0.2, 0.25) is 0 Å². The number of carbonyl (C=O) groups excluding carboxylic acids is 2. The molecule has 158 valence electrons. The van der Waals surface area contributed by atoms with Gasteiger partial charge in [0.15, 0.2) is 11.5 Å². The number of rotatable bonds is 4. The summed E-state index contributed by atoms with van der Waals surface area (Å²) in [6.45, 7) is 2.53. The molecule has 0 saturated carbocycles. The minimum atomic E-state index is -0.410. The van der Waals surface area contributed by atoms with Crippen LogP contribution in [0.3, 0.4) is 0 Å². The third kappa shape index (κ3) is 4.64. The predicted octanol–water partition coefficient (Wildman–Crippen LogP) is 3.27. The first kappa shape index (κ1) is 20.0. The summed E-state index contributed by atoms with van der Waals surface area (Å²) < 4.78 is 24.5. The number of carbonyl (C=O) groups is 2. The maximum Gasteiger partial charge on any atom is 0.319 e.